The molecular weight excluding hydrogens is 206 g/mol. The molecule has 0 bridgehead atoms. The van der Waals surface area contributed by atoms with Crippen LogP contribution in [0.15, 0.2) is 0 Å². The molecule has 0 unspecified atom stereocenters. The van der Waals surface area contributed by atoms with E-state index in [9.17, 15) is 9.59 Å². The van der Waals surface area contributed by atoms with Crippen LogP contribution in [0.3, 0.4) is 0 Å². The molecule has 1 fully saturated rings. The maximum Gasteiger partial charge on any atom is 0.304 e. The Labute approximate surface area is 96.6 Å². The fourth-order valence-corrected chi connectivity index (χ4v) is 2.29. The van der Waals surface area contributed by atoms with Gasteiger partial charge in [0.15, 0.2) is 0 Å². The summed E-state index contributed by atoms with van der Waals surface area (Å²) in [4.78, 5) is 25.1. The van der Waals surface area contributed by atoms with Gasteiger partial charge in [-0.25, -0.2) is 0 Å². The number of aliphatic carboxylic acids is 1. The van der Waals surface area contributed by atoms with Crippen molar-refractivity contribution < 1.29 is 14.7 Å². The summed E-state index contributed by atoms with van der Waals surface area (Å²) in [6.45, 7) is 5.34. The lowest BCUT2D eigenvalue weighted by molar-refractivity contribution is -0.145. The van der Waals surface area contributed by atoms with E-state index < -0.39 is 11.4 Å². The lowest BCUT2D eigenvalue weighted by Gasteiger charge is -2.32. The van der Waals surface area contributed by atoms with Gasteiger partial charge in [0.25, 0.3) is 0 Å². The number of rotatable bonds is 4. The van der Waals surface area contributed by atoms with E-state index >= 15 is 0 Å². The normalized spacial score (nSPS) is 19.7. The van der Waals surface area contributed by atoms with E-state index in [4.69, 9.17) is 5.11 Å². The van der Waals surface area contributed by atoms with Crippen LogP contribution in [0, 0.1) is 11.3 Å². The van der Waals surface area contributed by atoms with Gasteiger partial charge in [-0.15, -0.1) is 0 Å². The van der Waals surface area contributed by atoms with Crippen LogP contribution >= 0.6 is 0 Å². The van der Waals surface area contributed by atoms with E-state index in [2.05, 4.69) is 4.90 Å². The van der Waals surface area contributed by atoms with Crippen molar-refractivity contribution in [2.75, 3.05) is 20.1 Å². The van der Waals surface area contributed by atoms with Crippen molar-refractivity contribution in [1.82, 2.24) is 4.90 Å². The maximum atomic E-state index is 12.2. The molecule has 0 amide bonds. The Hall–Kier alpha value is -0.900. The molecule has 0 aromatic carbocycles. The van der Waals surface area contributed by atoms with Crippen LogP contribution < -0.4 is 0 Å². The molecule has 1 saturated heterocycles. The van der Waals surface area contributed by atoms with Crippen molar-refractivity contribution in [3.63, 3.8) is 0 Å². The summed E-state index contributed by atoms with van der Waals surface area (Å²) in [5.41, 5.74) is -0.730. The molecule has 0 aromatic rings. The first-order valence-corrected chi connectivity index (χ1v) is 5.77. The number of Topliss-reactive ketones (excluding diaryl/α,β-unsaturated/α-hetero) is 1. The summed E-state index contributed by atoms with van der Waals surface area (Å²) in [6.07, 6.45) is 1.65. The minimum absolute atomic E-state index is 0.0468. The van der Waals surface area contributed by atoms with Crippen LogP contribution in [0.5, 0.6) is 0 Å². The highest BCUT2D eigenvalue weighted by Crippen LogP contribution is 2.30. The highest BCUT2D eigenvalue weighted by Gasteiger charge is 2.36. The van der Waals surface area contributed by atoms with Crippen LogP contribution in [0.1, 0.15) is 33.1 Å². The van der Waals surface area contributed by atoms with E-state index in [1.54, 1.807) is 13.8 Å². The smallest absolute Gasteiger partial charge is 0.304 e. The van der Waals surface area contributed by atoms with Gasteiger partial charge in [0.05, 0.1) is 6.42 Å². The number of carboxylic acids is 1. The molecule has 0 saturated carbocycles. The maximum absolute atomic E-state index is 12.2. The fraction of sp³-hybridized carbons (Fsp3) is 0.833. The Morgan fingerprint density at radius 3 is 2.25 bits per heavy atom. The van der Waals surface area contributed by atoms with Crippen LogP contribution in [-0.2, 0) is 9.59 Å². The topological polar surface area (TPSA) is 57.6 Å². The number of nitrogens with zero attached hydrogens (tertiary/aromatic N) is 1. The third-order valence-electron chi connectivity index (χ3n) is 3.35. The van der Waals surface area contributed by atoms with Crippen molar-refractivity contribution in [3.8, 4) is 0 Å². The Kier molecular flexibility index (Phi) is 4.08. The molecule has 1 rings (SSSR count). The minimum Gasteiger partial charge on any atom is -0.481 e. The lowest BCUT2D eigenvalue weighted by Crippen LogP contribution is -2.39. The lowest BCUT2D eigenvalue weighted by atomic mass is 9.75. The number of carbonyl (C=O) groups is 2. The van der Waals surface area contributed by atoms with Gasteiger partial charge in [0.1, 0.15) is 5.78 Å². The Morgan fingerprint density at radius 2 is 1.81 bits per heavy atom. The summed E-state index contributed by atoms with van der Waals surface area (Å²) < 4.78 is 0. The second-order valence-electron chi connectivity index (χ2n) is 5.40. The molecule has 1 aliphatic heterocycles. The first-order chi connectivity index (χ1) is 7.33. The van der Waals surface area contributed by atoms with Gasteiger partial charge in [-0.3, -0.25) is 9.59 Å². The molecule has 1 N–H and O–H groups in total. The summed E-state index contributed by atoms with van der Waals surface area (Å²) in [5, 5.41) is 8.78. The number of ketones is 1. The minimum atomic E-state index is -0.897. The van der Waals surface area contributed by atoms with Crippen LogP contribution in [-0.4, -0.2) is 41.9 Å². The second kappa shape index (κ2) is 4.95. The molecular formula is C12H21NO3. The van der Waals surface area contributed by atoms with Gasteiger partial charge >= 0.3 is 5.97 Å². The molecule has 16 heavy (non-hydrogen) atoms. The molecule has 0 atom stereocenters. The SMILES string of the molecule is CN1CCC(C(=O)C(C)(C)CC(=O)O)CC1. The number of piperidine rings is 1. The largest absolute Gasteiger partial charge is 0.481 e. The summed E-state index contributed by atoms with van der Waals surface area (Å²) in [6, 6.07) is 0. The standard InChI is InChI=1S/C12H21NO3/c1-12(2,8-10(14)15)11(16)9-4-6-13(3)7-5-9/h9H,4-8H2,1-3H3,(H,14,15). The molecule has 0 radical (unpaired) electrons. The second-order valence-corrected chi connectivity index (χ2v) is 5.40. The average molecular weight is 227 g/mol. The zero-order valence-electron chi connectivity index (χ0n) is 10.3. The molecule has 1 aliphatic rings. The van der Waals surface area contributed by atoms with Crippen LogP contribution in [0.25, 0.3) is 0 Å². The van der Waals surface area contributed by atoms with Crippen LogP contribution in [0.4, 0.5) is 0 Å². The molecule has 4 nitrogen and oxygen atoms in total. The predicted molar refractivity (Wildman–Crippen MR) is 61.3 cm³/mol. The summed E-state index contributed by atoms with van der Waals surface area (Å²) in [5.74, 6) is -0.736. The third-order valence-corrected chi connectivity index (χ3v) is 3.35. The Balaban J connectivity index is 2.59. The number of hydrogen-bond donors (Lipinski definition) is 1. The Bertz CT molecular complexity index is 278. The van der Waals surface area contributed by atoms with E-state index in [1.807, 2.05) is 7.05 Å². The highest BCUT2D eigenvalue weighted by molar-refractivity contribution is 5.89. The quantitative estimate of drug-likeness (QED) is 0.788. The average Bonchev–Trinajstić information content (AvgIpc) is 2.16. The zero-order valence-corrected chi connectivity index (χ0v) is 10.3. The number of likely N-dealkylation sites (tertiary alicyclic amines) is 1. The van der Waals surface area contributed by atoms with E-state index in [-0.39, 0.29) is 18.1 Å². The third kappa shape index (κ3) is 3.30. The summed E-state index contributed by atoms with van der Waals surface area (Å²) >= 11 is 0. The zero-order chi connectivity index (χ0) is 12.3. The number of carboxylic acid groups (broad SMARTS) is 1. The van der Waals surface area contributed by atoms with Crippen molar-refractivity contribution in [3.05, 3.63) is 0 Å². The fourth-order valence-electron chi connectivity index (χ4n) is 2.29. The van der Waals surface area contributed by atoms with E-state index in [1.165, 1.54) is 0 Å². The van der Waals surface area contributed by atoms with Crippen molar-refractivity contribution in [2.45, 2.75) is 33.1 Å². The molecule has 92 valence electrons. The molecule has 0 spiro atoms. The highest BCUT2D eigenvalue weighted by atomic mass is 16.4. The number of hydrogen-bond acceptors (Lipinski definition) is 3. The van der Waals surface area contributed by atoms with Gasteiger partial charge in [-0.2, -0.15) is 0 Å². The van der Waals surface area contributed by atoms with Gasteiger partial charge in [-0.05, 0) is 33.0 Å². The number of carbonyl (C=O) groups excluding carboxylic acids is 1. The molecule has 0 aromatic heterocycles. The van der Waals surface area contributed by atoms with Crippen molar-refractivity contribution in [1.29, 1.82) is 0 Å². The molecule has 4 heteroatoms. The first-order valence-electron chi connectivity index (χ1n) is 5.77. The van der Waals surface area contributed by atoms with Crippen molar-refractivity contribution >= 4 is 11.8 Å². The van der Waals surface area contributed by atoms with Gasteiger partial charge in [0, 0.05) is 11.3 Å². The monoisotopic (exact) mass is 227 g/mol. The molecule has 0 aliphatic carbocycles. The van der Waals surface area contributed by atoms with Crippen LogP contribution in [0.2, 0.25) is 0 Å². The summed E-state index contributed by atoms with van der Waals surface area (Å²) in [7, 11) is 2.04. The molecule has 1 heterocycles. The predicted octanol–water partition coefficient (Wildman–Crippen LogP) is 1.40. The Morgan fingerprint density at radius 1 is 1.31 bits per heavy atom. The van der Waals surface area contributed by atoms with Gasteiger partial charge in [-0.1, -0.05) is 13.8 Å². The van der Waals surface area contributed by atoms with E-state index in [0.29, 0.717) is 0 Å². The van der Waals surface area contributed by atoms with E-state index in [0.717, 1.165) is 25.9 Å². The van der Waals surface area contributed by atoms with Gasteiger partial charge in [0.2, 0.25) is 0 Å². The van der Waals surface area contributed by atoms with Gasteiger partial charge < -0.3 is 10.0 Å². The van der Waals surface area contributed by atoms with Crippen molar-refractivity contribution in [2.24, 2.45) is 11.3 Å². The first kappa shape index (κ1) is 13.2.